The van der Waals surface area contributed by atoms with Crippen molar-refractivity contribution in [2.45, 2.75) is 12.1 Å². The third-order valence-corrected chi connectivity index (χ3v) is 3.95. The summed E-state index contributed by atoms with van der Waals surface area (Å²) in [5.41, 5.74) is 0.273. The van der Waals surface area contributed by atoms with Crippen LogP contribution in [-0.4, -0.2) is 33.7 Å². The van der Waals surface area contributed by atoms with Crippen LogP contribution >= 0.6 is 11.3 Å². The minimum absolute atomic E-state index is 0.0980. The average Bonchev–Trinajstić information content (AvgIpc) is 3.06. The Labute approximate surface area is 130 Å². The molecule has 116 valence electrons. The van der Waals surface area contributed by atoms with Crippen LogP contribution < -0.4 is 5.32 Å². The van der Waals surface area contributed by atoms with E-state index < -0.39 is 29.6 Å². The predicted octanol–water partition coefficient (Wildman–Crippen LogP) is 1.48. The lowest BCUT2D eigenvalue weighted by molar-refractivity contribution is -0.384. The average molecular weight is 322 g/mol. The molecule has 0 aliphatic rings. The Morgan fingerprint density at radius 2 is 2.00 bits per heavy atom. The molecule has 2 rings (SSSR count). The van der Waals surface area contributed by atoms with E-state index in [1.165, 1.54) is 35.6 Å². The molecule has 0 unspecified atom stereocenters. The summed E-state index contributed by atoms with van der Waals surface area (Å²) in [6.45, 7) is -0.463. The standard InChI is InChI=1S/C14H14N2O5S/c17-8-11(15-14(19)12-2-1-7-22-12)13(18)9-3-5-10(6-4-9)16(20)21/h1-7,11,13,17-18H,8H2,(H,15,19)/t11-,13-/m0/s1. The molecule has 7 nitrogen and oxygen atoms in total. The van der Waals surface area contributed by atoms with Crippen LogP contribution in [0, 0.1) is 10.1 Å². The van der Waals surface area contributed by atoms with Crippen LogP contribution in [0.1, 0.15) is 21.3 Å². The van der Waals surface area contributed by atoms with Crippen molar-refractivity contribution in [1.29, 1.82) is 0 Å². The lowest BCUT2D eigenvalue weighted by Gasteiger charge is -2.22. The normalized spacial score (nSPS) is 13.4. The molecule has 2 aromatic rings. The molecular weight excluding hydrogens is 308 g/mol. The van der Waals surface area contributed by atoms with Crippen molar-refractivity contribution < 1.29 is 19.9 Å². The zero-order valence-electron chi connectivity index (χ0n) is 11.4. The highest BCUT2D eigenvalue weighted by molar-refractivity contribution is 7.12. The number of nitro benzene ring substituents is 1. The molecule has 22 heavy (non-hydrogen) atoms. The lowest BCUT2D eigenvalue weighted by Crippen LogP contribution is -2.41. The minimum Gasteiger partial charge on any atom is -0.394 e. The van der Waals surface area contributed by atoms with Gasteiger partial charge in [-0.05, 0) is 29.1 Å². The summed E-state index contributed by atoms with van der Waals surface area (Å²) in [5, 5.41) is 34.5. The van der Waals surface area contributed by atoms with Crippen LogP contribution in [0.2, 0.25) is 0 Å². The first kappa shape index (κ1) is 16.1. The molecule has 0 fully saturated rings. The monoisotopic (exact) mass is 322 g/mol. The van der Waals surface area contributed by atoms with Gasteiger partial charge in [0, 0.05) is 12.1 Å². The van der Waals surface area contributed by atoms with Gasteiger partial charge in [0.1, 0.15) is 6.10 Å². The van der Waals surface area contributed by atoms with Crippen molar-refractivity contribution in [2.24, 2.45) is 0 Å². The van der Waals surface area contributed by atoms with Crippen LogP contribution in [-0.2, 0) is 0 Å². The number of amides is 1. The molecule has 0 saturated carbocycles. The zero-order chi connectivity index (χ0) is 16.1. The van der Waals surface area contributed by atoms with Gasteiger partial charge < -0.3 is 15.5 Å². The van der Waals surface area contributed by atoms with Crippen LogP contribution in [0.25, 0.3) is 0 Å². The summed E-state index contributed by atoms with van der Waals surface area (Å²) in [6, 6.07) is 7.75. The van der Waals surface area contributed by atoms with E-state index >= 15 is 0 Å². The smallest absolute Gasteiger partial charge is 0.269 e. The van der Waals surface area contributed by atoms with Crippen LogP contribution in [0.15, 0.2) is 41.8 Å². The molecule has 0 saturated heterocycles. The van der Waals surface area contributed by atoms with E-state index in [1.807, 2.05) is 0 Å². The minimum atomic E-state index is -1.17. The van der Waals surface area contributed by atoms with Crippen molar-refractivity contribution in [3.63, 3.8) is 0 Å². The second-order valence-corrected chi connectivity index (χ2v) is 5.48. The number of thiophene rings is 1. The maximum atomic E-state index is 11.9. The summed E-state index contributed by atoms with van der Waals surface area (Å²) in [4.78, 5) is 22.5. The number of hydrogen-bond donors (Lipinski definition) is 3. The Bertz CT molecular complexity index is 642. The number of nitro groups is 1. The highest BCUT2D eigenvalue weighted by Crippen LogP contribution is 2.21. The molecule has 8 heteroatoms. The molecule has 0 bridgehead atoms. The van der Waals surface area contributed by atoms with E-state index in [0.717, 1.165) is 0 Å². The van der Waals surface area contributed by atoms with Gasteiger partial charge >= 0.3 is 0 Å². The fourth-order valence-corrected chi connectivity index (χ4v) is 2.52. The number of benzene rings is 1. The number of non-ortho nitro benzene ring substituents is 1. The van der Waals surface area contributed by atoms with Gasteiger partial charge in [0.15, 0.2) is 0 Å². The molecule has 0 aliphatic carbocycles. The zero-order valence-corrected chi connectivity index (χ0v) is 12.2. The van der Waals surface area contributed by atoms with Crippen molar-refractivity contribution in [3.8, 4) is 0 Å². The molecule has 0 radical (unpaired) electrons. The van der Waals surface area contributed by atoms with Gasteiger partial charge in [-0.25, -0.2) is 0 Å². The first-order valence-electron chi connectivity index (χ1n) is 6.40. The van der Waals surface area contributed by atoms with Crippen LogP contribution in [0.3, 0.4) is 0 Å². The van der Waals surface area contributed by atoms with Crippen LogP contribution in [0.5, 0.6) is 0 Å². The summed E-state index contributed by atoms with van der Waals surface area (Å²) in [5.74, 6) is -0.394. The van der Waals surface area contributed by atoms with Crippen molar-refractivity contribution >= 4 is 22.9 Å². The Kier molecular flexibility index (Phi) is 5.21. The third-order valence-electron chi connectivity index (χ3n) is 3.08. The summed E-state index contributed by atoms with van der Waals surface area (Å²) >= 11 is 1.25. The molecular formula is C14H14N2O5S. The second kappa shape index (κ2) is 7.12. The van der Waals surface area contributed by atoms with Gasteiger partial charge in [-0.1, -0.05) is 6.07 Å². The van der Waals surface area contributed by atoms with E-state index in [1.54, 1.807) is 17.5 Å². The van der Waals surface area contributed by atoms with Crippen molar-refractivity contribution in [3.05, 3.63) is 62.3 Å². The molecule has 3 N–H and O–H groups in total. The van der Waals surface area contributed by atoms with E-state index in [0.29, 0.717) is 10.4 Å². The summed E-state index contributed by atoms with van der Waals surface area (Å²) in [6.07, 6.45) is -1.17. The molecule has 2 atom stereocenters. The lowest BCUT2D eigenvalue weighted by atomic mass is 10.0. The largest absolute Gasteiger partial charge is 0.394 e. The van der Waals surface area contributed by atoms with Gasteiger partial charge in [0.2, 0.25) is 0 Å². The number of nitrogens with zero attached hydrogens (tertiary/aromatic N) is 1. The van der Waals surface area contributed by atoms with Gasteiger partial charge in [-0.15, -0.1) is 11.3 Å². The number of rotatable bonds is 6. The Hall–Kier alpha value is -2.29. The SMILES string of the molecule is O=C(N[C@@H](CO)[C@@H](O)c1ccc([N+](=O)[O-])cc1)c1cccs1. The maximum absolute atomic E-state index is 11.9. The number of aliphatic hydroxyl groups excluding tert-OH is 2. The second-order valence-electron chi connectivity index (χ2n) is 4.53. The maximum Gasteiger partial charge on any atom is 0.269 e. The summed E-state index contributed by atoms with van der Waals surface area (Å²) < 4.78 is 0. The predicted molar refractivity (Wildman–Crippen MR) is 80.7 cm³/mol. The molecule has 1 aromatic heterocycles. The quantitative estimate of drug-likeness (QED) is 0.551. The Morgan fingerprint density at radius 1 is 1.32 bits per heavy atom. The molecule has 1 amide bonds. The topological polar surface area (TPSA) is 113 Å². The Morgan fingerprint density at radius 3 is 2.50 bits per heavy atom. The number of carbonyl (C=O) groups excluding carboxylic acids is 1. The number of nitrogens with one attached hydrogen (secondary N) is 1. The molecule has 0 aliphatic heterocycles. The number of hydrogen-bond acceptors (Lipinski definition) is 6. The summed E-state index contributed by atoms with van der Waals surface area (Å²) in [7, 11) is 0. The van der Waals surface area contributed by atoms with E-state index in [2.05, 4.69) is 5.32 Å². The van der Waals surface area contributed by atoms with E-state index in [4.69, 9.17) is 0 Å². The van der Waals surface area contributed by atoms with Crippen molar-refractivity contribution in [1.82, 2.24) is 5.32 Å². The third kappa shape index (κ3) is 3.67. The van der Waals surface area contributed by atoms with Gasteiger partial charge in [-0.3, -0.25) is 14.9 Å². The molecule has 0 spiro atoms. The fraction of sp³-hybridized carbons (Fsp3) is 0.214. The fourth-order valence-electron chi connectivity index (χ4n) is 1.90. The van der Waals surface area contributed by atoms with Gasteiger partial charge in [0.25, 0.3) is 11.6 Å². The van der Waals surface area contributed by atoms with E-state index in [-0.39, 0.29) is 5.69 Å². The molecule has 1 heterocycles. The first-order valence-corrected chi connectivity index (χ1v) is 7.28. The number of carbonyl (C=O) groups is 1. The Balaban J connectivity index is 2.09. The molecule has 1 aromatic carbocycles. The highest BCUT2D eigenvalue weighted by Gasteiger charge is 2.23. The van der Waals surface area contributed by atoms with Gasteiger partial charge in [-0.2, -0.15) is 0 Å². The van der Waals surface area contributed by atoms with Crippen LogP contribution in [0.4, 0.5) is 5.69 Å². The van der Waals surface area contributed by atoms with E-state index in [9.17, 15) is 25.1 Å². The van der Waals surface area contributed by atoms with Crippen molar-refractivity contribution in [2.75, 3.05) is 6.61 Å². The first-order chi connectivity index (χ1) is 10.5. The highest BCUT2D eigenvalue weighted by atomic mass is 32.1. The van der Waals surface area contributed by atoms with Gasteiger partial charge in [0.05, 0.1) is 22.4 Å². The number of aliphatic hydroxyl groups is 2.